The zero-order valence-electron chi connectivity index (χ0n) is 21.7. The first-order valence-corrected chi connectivity index (χ1v) is 12.1. The van der Waals surface area contributed by atoms with E-state index in [1.54, 1.807) is 35.2 Å². The SMILES string of the molecule is COc1cc(/C=N/NC(=O)C(NC(=O)c2ccc(C)cc2)C(C)C)ccc1OCC(=O)N1CCOCC1. The number of nitrogens with one attached hydrogen (secondary N) is 2. The van der Waals surface area contributed by atoms with Crippen LogP contribution in [-0.4, -0.2) is 74.9 Å². The molecule has 0 aliphatic carbocycles. The van der Waals surface area contributed by atoms with Crippen LogP contribution >= 0.6 is 0 Å². The maximum absolute atomic E-state index is 12.7. The zero-order valence-corrected chi connectivity index (χ0v) is 21.7. The van der Waals surface area contributed by atoms with Gasteiger partial charge in [-0.15, -0.1) is 0 Å². The average Bonchev–Trinajstić information content (AvgIpc) is 2.91. The fraction of sp³-hybridized carbons (Fsp3) is 0.407. The number of amides is 3. The topological polar surface area (TPSA) is 119 Å². The molecule has 1 unspecified atom stereocenters. The molecule has 2 N–H and O–H groups in total. The highest BCUT2D eigenvalue weighted by atomic mass is 16.5. The molecule has 0 aromatic heterocycles. The number of carbonyl (C=O) groups excluding carboxylic acids is 3. The van der Waals surface area contributed by atoms with E-state index in [-0.39, 0.29) is 24.3 Å². The molecule has 2 aromatic rings. The number of hydrogen-bond acceptors (Lipinski definition) is 7. The van der Waals surface area contributed by atoms with Crippen molar-refractivity contribution in [3.05, 3.63) is 59.2 Å². The molecule has 3 amide bonds. The molecule has 3 rings (SSSR count). The van der Waals surface area contributed by atoms with Gasteiger partial charge in [0, 0.05) is 18.7 Å². The van der Waals surface area contributed by atoms with Gasteiger partial charge < -0.3 is 24.4 Å². The number of ether oxygens (including phenoxy) is 3. The second-order valence-electron chi connectivity index (χ2n) is 8.99. The molecule has 10 heteroatoms. The number of rotatable bonds is 10. The first-order valence-electron chi connectivity index (χ1n) is 12.1. The third-order valence-electron chi connectivity index (χ3n) is 5.84. The summed E-state index contributed by atoms with van der Waals surface area (Å²) in [5, 5.41) is 6.81. The molecule has 1 aliphatic heterocycles. The molecule has 1 fully saturated rings. The van der Waals surface area contributed by atoms with E-state index in [4.69, 9.17) is 14.2 Å². The van der Waals surface area contributed by atoms with Gasteiger partial charge in [0.1, 0.15) is 6.04 Å². The number of morpholine rings is 1. The molecule has 37 heavy (non-hydrogen) atoms. The first kappa shape index (κ1) is 27.7. The predicted molar refractivity (Wildman–Crippen MR) is 139 cm³/mol. The number of benzene rings is 2. The third-order valence-corrected chi connectivity index (χ3v) is 5.84. The second-order valence-corrected chi connectivity index (χ2v) is 8.99. The van der Waals surface area contributed by atoms with E-state index in [1.807, 2.05) is 32.9 Å². The maximum atomic E-state index is 12.7. The van der Waals surface area contributed by atoms with Crippen LogP contribution in [0.4, 0.5) is 0 Å². The molecule has 0 spiro atoms. The molecule has 1 aliphatic rings. The lowest BCUT2D eigenvalue weighted by atomic mass is 10.0. The monoisotopic (exact) mass is 510 g/mol. The number of hydrazone groups is 1. The van der Waals surface area contributed by atoms with Crippen molar-refractivity contribution in [2.75, 3.05) is 40.0 Å². The van der Waals surface area contributed by atoms with Gasteiger partial charge in [0.05, 0.1) is 26.5 Å². The Morgan fingerprint density at radius 2 is 1.78 bits per heavy atom. The third kappa shape index (κ3) is 8.04. The van der Waals surface area contributed by atoms with Crippen molar-refractivity contribution >= 4 is 23.9 Å². The minimum atomic E-state index is -0.764. The van der Waals surface area contributed by atoms with Gasteiger partial charge in [0.15, 0.2) is 18.1 Å². The number of nitrogens with zero attached hydrogens (tertiary/aromatic N) is 2. The molecule has 0 bridgehead atoms. The molecule has 10 nitrogen and oxygen atoms in total. The quantitative estimate of drug-likeness (QED) is 0.374. The summed E-state index contributed by atoms with van der Waals surface area (Å²) in [4.78, 5) is 39.3. The van der Waals surface area contributed by atoms with Crippen LogP contribution in [0, 0.1) is 12.8 Å². The number of methoxy groups -OCH3 is 1. The van der Waals surface area contributed by atoms with Crippen molar-refractivity contribution in [2.24, 2.45) is 11.0 Å². The van der Waals surface area contributed by atoms with Crippen LogP contribution in [0.5, 0.6) is 11.5 Å². The summed E-state index contributed by atoms with van der Waals surface area (Å²) in [7, 11) is 1.50. The van der Waals surface area contributed by atoms with Crippen molar-refractivity contribution < 1.29 is 28.6 Å². The maximum Gasteiger partial charge on any atom is 0.262 e. The second kappa shape index (κ2) is 13.4. The summed E-state index contributed by atoms with van der Waals surface area (Å²) in [6.07, 6.45) is 1.46. The summed E-state index contributed by atoms with van der Waals surface area (Å²) in [5.41, 5.74) is 4.66. The normalized spacial score (nSPS) is 14.4. The summed E-state index contributed by atoms with van der Waals surface area (Å²) in [6.45, 7) is 7.67. The van der Waals surface area contributed by atoms with Gasteiger partial charge in [0.2, 0.25) is 0 Å². The van der Waals surface area contributed by atoms with Crippen LogP contribution in [-0.2, 0) is 14.3 Å². The number of carbonyl (C=O) groups is 3. The van der Waals surface area contributed by atoms with Gasteiger partial charge in [-0.25, -0.2) is 5.43 Å². The van der Waals surface area contributed by atoms with Gasteiger partial charge in [-0.2, -0.15) is 5.10 Å². The molecule has 198 valence electrons. The first-order chi connectivity index (χ1) is 17.8. The van der Waals surface area contributed by atoms with Crippen molar-refractivity contribution in [1.82, 2.24) is 15.6 Å². The lowest BCUT2D eigenvalue weighted by Crippen LogP contribution is -2.48. The Kier molecular flexibility index (Phi) is 10.0. The Balaban J connectivity index is 1.56. The Morgan fingerprint density at radius 3 is 2.43 bits per heavy atom. The molecular weight excluding hydrogens is 476 g/mol. The van der Waals surface area contributed by atoms with E-state index >= 15 is 0 Å². The lowest BCUT2D eigenvalue weighted by Gasteiger charge is -2.26. The van der Waals surface area contributed by atoms with Gasteiger partial charge in [-0.05, 0) is 48.7 Å². The molecule has 2 aromatic carbocycles. The Hall–Kier alpha value is -3.92. The van der Waals surface area contributed by atoms with Crippen LogP contribution < -0.4 is 20.2 Å². The fourth-order valence-electron chi connectivity index (χ4n) is 3.63. The Morgan fingerprint density at radius 1 is 1.08 bits per heavy atom. The molecule has 0 saturated carbocycles. The van der Waals surface area contributed by atoms with E-state index < -0.39 is 11.9 Å². The van der Waals surface area contributed by atoms with Gasteiger partial charge >= 0.3 is 0 Å². The minimum Gasteiger partial charge on any atom is -0.493 e. The van der Waals surface area contributed by atoms with Gasteiger partial charge in [-0.3, -0.25) is 14.4 Å². The van der Waals surface area contributed by atoms with E-state index in [0.29, 0.717) is 48.9 Å². The molecule has 0 radical (unpaired) electrons. The van der Waals surface area contributed by atoms with E-state index in [1.165, 1.54) is 13.3 Å². The van der Waals surface area contributed by atoms with Crippen LogP contribution in [0.25, 0.3) is 0 Å². The van der Waals surface area contributed by atoms with Crippen LogP contribution in [0.15, 0.2) is 47.6 Å². The largest absolute Gasteiger partial charge is 0.493 e. The van der Waals surface area contributed by atoms with Crippen molar-refractivity contribution in [1.29, 1.82) is 0 Å². The zero-order chi connectivity index (χ0) is 26.8. The highest BCUT2D eigenvalue weighted by molar-refractivity contribution is 5.97. The van der Waals surface area contributed by atoms with E-state index in [0.717, 1.165) is 5.56 Å². The summed E-state index contributed by atoms with van der Waals surface area (Å²) in [5.74, 6) is -0.181. The molecule has 1 heterocycles. The molecule has 1 atom stereocenters. The van der Waals surface area contributed by atoms with Crippen LogP contribution in [0.3, 0.4) is 0 Å². The van der Waals surface area contributed by atoms with Crippen LogP contribution in [0.2, 0.25) is 0 Å². The van der Waals surface area contributed by atoms with Crippen LogP contribution in [0.1, 0.15) is 35.3 Å². The summed E-state index contributed by atoms with van der Waals surface area (Å²) >= 11 is 0. The number of aryl methyl sites for hydroxylation is 1. The van der Waals surface area contributed by atoms with E-state index in [9.17, 15) is 14.4 Å². The Bertz CT molecular complexity index is 1110. The van der Waals surface area contributed by atoms with Crippen molar-refractivity contribution in [2.45, 2.75) is 26.8 Å². The lowest BCUT2D eigenvalue weighted by molar-refractivity contribution is -0.137. The van der Waals surface area contributed by atoms with Gasteiger partial charge in [0.25, 0.3) is 17.7 Å². The summed E-state index contributed by atoms with van der Waals surface area (Å²) in [6, 6.07) is 11.4. The van der Waals surface area contributed by atoms with Crippen molar-refractivity contribution in [3.63, 3.8) is 0 Å². The van der Waals surface area contributed by atoms with Gasteiger partial charge in [-0.1, -0.05) is 31.5 Å². The average molecular weight is 511 g/mol. The minimum absolute atomic E-state index is 0.106. The smallest absolute Gasteiger partial charge is 0.262 e. The molecule has 1 saturated heterocycles. The highest BCUT2D eigenvalue weighted by Gasteiger charge is 2.24. The molecular formula is C27H34N4O6. The number of hydrogen-bond donors (Lipinski definition) is 2. The Labute approximate surface area is 217 Å². The predicted octanol–water partition coefficient (Wildman–Crippen LogP) is 2.15. The van der Waals surface area contributed by atoms with E-state index in [2.05, 4.69) is 15.8 Å². The fourth-order valence-corrected chi connectivity index (χ4v) is 3.63. The summed E-state index contributed by atoms with van der Waals surface area (Å²) < 4.78 is 16.3. The highest BCUT2D eigenvalue weighted by Crippen LogP contribution is 2.27. The standard InChI is InChI=1S/C27H34N4O6/c1-18(2)25(29-26(33)21-8-5-19(3)6-9-21)27(34)30-28-16-20-7-10-22(23(15-20)35-4)37-17-24(32)31-11-13-36-14-12-31/h5-10,15-16,18,25H,11-14,17H2,1-4H3,(H,29,33)(H,30,34)/b28-16+. The van der Waals surface area contributed by atoms with Crippen molar-refractivity contribution in [3.8, 4) is 11.5 Å².